The lowest BCUT2D eigenvalue weighted by atomic mass is 9.87. The Kier molecular flexibility index (Phi) is 6.25. The SMILES string of the molecule is Cc1ccc(CS(=O)(=O)N2CCC(C(=O)N[C@@H]3CCCc4ccccc43)CC2)cc1. The number of hydrogen-bond donors (Lipinski definition) is 1. The van der Waals surface area contributed by atoms with Crippen LogP contribution in [0.15, 0.2) is 48.5 Å². The van der Waals surface area contributed by atoms with Gasteiger partial charge in [0.1, 0.15) is 0 Å². The molecule has 0 saturated carbocycles. The third-order valence-corrected chi connectivity index (χ3v) is 8.22. The van der Waals surface area contributed by atoms with E-state index in [1.54, 1.807) is 4.31 Å². The van der Waals surface area contributed by atoms with Crippen LogP contribution in [-0.2, 0) is 27.0 Å². The molecule has 0 radical (unpaired) electrons. The van der Waals surface area contributed by atoms with Gasteiger partial charge in [-0.1, -0.05) is 54.1 Å². The fourth-order valence-electron chi connectivity index (χ4n) is 4.58. The van der Waals surface area contributed by atoms with Crippen molar-refractivity contribution in [2.24, 2.45) is 5.92 Å². The first-order chi connectivity index (χ1) is 14.4. The summed E-state index contributed by atoms with van der Waals surface area (Å²) in [7, 11) is -3.36. The minimum atomic E-state index is -3.36. The molecule has 1 saturated heterocycles. The fraction of sp³-hybridized carbons (Fsp3) is 0.458. The first-order valence-electron chi connectivity index (χ1n) is 10.8. The molecule has 1 N–H and O–H groups in total. The average Bonchev–Trinajstić information content (AvgIpc) is 2.75. The number of carbonyl (C=O) groups is 1. The highest BCUT2D eigenvalue weighted by molar-refractivity contribution is 7.88. The largest absolute Gasteiger partial charge is 0.349 e. The number of hydrogen-bond acceptors (Lipinski definition) is 3. The lowest BCUT2D eigenvalue weighted by Gasteiger charge is -2.32. The van der Waals surface area contributed by atoms with E-state index in [-0.39, 0.29) is 23.6 Å². The van der Waals surface area contributed by atoms with Crippen LogP contribution in [0.4, 0.5) is 0 Å². The number of piperidine rings is 1. The number of aryl methyl sites for hydroxylation is 2. The maximum Gasteiger partial charge on any atom is 0.223 e. The highest BCUT2D eigenvalue weighted by Crippen LogP contribution is 2.30. The molecule has 160 valence electrons. The van der Waals surface area contributed by atoms with Gasteiger partial charge in [0.15, 0.2) is 0 Å². The van der Waals surface area contributed by atoms with Gasteiger partial charge < -0.3 is 5.32 Å². The van der Waals surface area contributed by atoms with Gasteiger partial charge in [-0.3, -0.25) is 4.79 Å². The quantitative estimate of drug-likeness (QED) is 0.792. The maximum atomic E-state index is 12.9. The maximum absolute atomic E-state index is 12.9. The highest BCUT2D eigenvalue weighted by Gasteiger charge is 2.32. The number of benzene rings is 2. The molecule has 1 fully saturated rings. The molecule has 5 nitrogen and oxygen atoms in total. The molecular formula is C24H30N2O3S. The molecule has 4 rings (SSSR count). The topological polar surface area (TPSA) is 66.5 Å². The molecule has 0 spiro atoms. The van der Waals surface area contributed by atoms with Crippen LogP contribution in [0.3, 0.4) is 0 Å². The predicted molar refractivity (Wildman–Crippen MR) is 118 cm³/mol. The Bertz CT molecular complexity index is 993. The van der Waals surface area contributed by atoms with Crippen LogP contribution in [-0.4, -0.2) is 31.7 Å². The zero-order chi connectivity index (χ0) is 21.1. The summed E-state index contributed by atoms with van der Waals surface area (Å²) in [5.41, 5.74) is 4.47. The van der Waals surface area contributed by atoms with Gasteiger partial charge >= 0.3 is 0 Å². The van der Waals surface area contributed by atoms with E-state index in [1.807, 2.05) is 37.3 Å². The molecule has 1 atom stereocenters. The molecular weight excluding hydrogens is 396 g/mol. The van der Waals surface area contributed by atoms with Crippen LogP contribution in [0.1, 0.15) is 54.0 Å². The summed E-state index contributed by atoms with van der Waals surface area (Å²) in [5.74, 6) is -0.0413. The van der Waals surface area contributed by atoms with Gasteiger partial charge in [-0.05, 0) is 55.7 Å². The Balaban J connectivity index is 1.33. The van der Waals surface area contributed by atoms with E-state index in [4.69, 9.17) is 0 Å². The molecule has 0 aromatic heterocycles. The van der Waals surface area contributed by atoms with Crippen LogP contribution in [0.25, 0.3) is 0 Å². The van der Waals surface area contributed by atoms with Crippen molar-refractivity contribution < 1.29 is 13.2 Å². The standard InChI is InChI=1S/C24H30N2O3S/c1-18-9-11-19(12-10-18)17-30(28,29)26-15-13-21(14-16-26)24(27)25-23-8-4-6-20-5-2-3-7-22(20)23/h2-3,5,7,9-12,21,23H,4,6,8,13-17H2,1H3,(H,25,27)/t23-/m1/s1. The van der Waals surface area contributed by atoms with Crippen LogP contribution >= 0.6 is 0 Å². The van der Waals surface area contributed by atoms with Gasteiger partial charge in [0.05, 0.1) is 11.8 Å². The predicted octanol–water partition coefficient (Wildman–Crippen LogP) is 3.73. The third kappa shape index (κ3) is 4.76. The van der Waals surface area contributed by atoms with Crippen molar-refractivity contribution in [3.8, 4) is 0 Å². The molecule has 6 heteroatoms. The minimum absolute atomic E-state index is 0.0169. The van der Waals surface area contributed by atoms with E-state index in [0.717, 1.165) is 30.4 Å². The zero-order valence-corrected chi connectivity index (χ0v) is 18.3. The number of carbonyl (C=O) groups excluding carboxylic acids is 1. The molecule has 1 amide bonds. The summed E-state index contributed by atoms with van der Waals surface area (Å²) in [6.07, 6.45) is 4.27. The molecule has 2 aromatic rings. The van der Waals surface area contributed by atoms with Crippen molar-refractivity contribution in [1.29, 1.82) is 0 Å². The molecule has 1 aliphatic carbocycles. The summed E-state index contributed by atoms with van der Waals surface area (Å²) in [6.45, 7) is 2.81. The lowest BCUT2D eigenvalue weighted by Crippen LogP contribution is -2.44. The van der Waals surface area contributed by atoms with Gasteiger partial charge in [0.2, 0.25) is 15.9 Å². The Hall–Kier alpha value is -2.18. The van der Waals surface area contributed by atoms with Gasteiger partial charge in [0, 0.05) is 19.0 Å². The van der Waals surface area contributed by atoms with E-state index in [2.05, 4.69) is 23.5 Å². The first kappa shape index (κ1) is 21.1. The Labute approximate surface area is 179 Å². The normalized spacial score (nSPS) is 20.5. The van der Waals surface area contributed by atoms with Crippen LogP contribution in [0, 0.1) is 12.8 Å². The molecule has 30 heavy (non-hydrogen) atoms. The fourth-order valence-corrected chi connectivity index (χ4v) is 6.14. The van der Waals surface area contributed by atoms with Gasteiger partial charge in [-0.2, -0.15) is 0 Å². The van der Waals surface area contributed by atoms with Crippen LogP contribution in [0.2, 0.25) is 0 Å². The van der Waals surface area contributed by atoms with E-state index in [0.29, 0.717) is 25.9 Å². The van der Waals surface area contributed by atoms with Crippen molar-refractivity contribution in [3.63, 3.8) is 0 Å². The minimum Gasteiger partial charge on any atom is -0.349 e. The van der Waals surface area contributed by atoms with Gasteiger partial charge in [-0.25, -0.2) is 12.7 Å². The van der Waals surface area contributed by atoms with Gasteiger partial charge in [-0.15, -0.1) is 0 Å². The number of amides is 1. The zero-order valence-electron chi connectivity index (χ0n) is 17.5. The molecule has 2 aliphatic rings. The molecule has 1 aliphatic heterocycles. The second kappa shape index (κ2) is 8.90. The van der Waals surface area contributed by atoms with Crippen LogP contribution in [0.5, 0.6) is 0 Å². The molecule has 2 aromatic carbocycles. The summed E-state index contributed by atoms with van der Waals surface area (Å²) in [5, 5.41) is 3.24. The average molecular weight is 427 g/mol. The second-order valence-electron chi connectivity index (χ2n) is 8.57. The Morgan fingerprint density at radius 3 is 2.47 bits per heavy atom. The van der Waals surface area contributed by atoms with E-state index >= 15 is 0 Å². The summed E-state index contributed by atoms with van der Waals surface area (Å²) in [4.78, 5) is 12.9. The van der Waals surface area contributed by atoms with Crippen molar-refractivity contribution in [2.75, 3.05) is 13.1 Å². The van der Waals surface area contributed by atoms with Crippen molar-refractivity contribution in [2.45, 2.75) is 50.8 Å². The Morgan fingerprint density at radius 1 is 1.03 bits per heavy atom. The smallest absolute Gasteiger partial charge is 0.223 e. The molecule has 0 unspecified atom stereocenters. The highest BCUT2D eigenvalue weighted by atomic mass is 32.2. The molecule has 1 heterocycles. The summed E-state index contributed by atoms with van der Waals surface area (Å²) < 4.78 is 27.1. The van der Waals surface area contributed by atoms with E-state index in [1.165, 1.54) is 11.1 Å². The second-order valence-corrected chi connectivity index (χ2v) is 10.5. The summed E-state index contributed by atoms with van der Waals surface area (Å²) in [6, 6.07) is 16.0. The van der Waals surface area contributed by atoms with E-state index in [9.17, 15) is 13.2 Å². The number of nitrogens with one attached hydrogen (secondary N) is 1. The summed E-state index contributed by atoms with van der Waals surface area (Å²) >= 11 is 0. The van der Waals surface area contributed by atoms with Crippen molar-refractivity contribution >= 4 is 15.9 Å². The third-order valence-electron chi connectivity index (χ3n) is 6.37. The number of rotatable bonds is 5. The number of fused-ring (bicyclic) bond motifs is 1. The lowest BCUT2D eigenvalue weighted by molar-refractivity contribution is -0.127. The monoisotopic (exact) mass is 426 g/mol. The van der Waals surface area contributed by atoms with E-state index < -0.39 is 10.0 Å². The van der Waals surface area contributed by atoms with Crippen molar-refractivity contribution in [1.82, 2.24) is 9.62 Å². The number of sulfonamides is 1. The number of nitrogens with zero attached hydrogens (tertiary/aromatic N) is 1. The Morgan fingerprint density at radius 2 is 1.73 bits per heavy atom. The van der Waals surface area contributed by atoms with Crippen molar-refractivity contribution in [3.05, 3.63) is 70.8 Å². The molecule has 0 bridgehead atoms. The van der Waals surface area contributed by atoms with Gasteiger partial charge in [0.25, 0.3) is 0 Å². The first-order valence-corrected chi connectivity index (χ1v) is 12.4. The van der Waals surface area contributed by atoms with Crippen LogP contribution < -0.4 is 5.32 Å².